The van der Waals surface area contributed by atoms with Crippen LogP contribution in [0, 0.1) is 0 Å². The van der Waals surface area contributed by atoms with Gasteiger partial charge >= 0.3 is 6.18 Å². The molecule has 0 N–H and O–H groups in total. The maximum atomic E-state index is 13.2. The fourth-order valence-electron chi connectivity index (χ4n) is 5.20. The van der Waals surface area contributed by atoms with Crippen molar-refractivity contribution in [3.8, 4) is 28.5 Å². The van der Waals surface area contributed by atoms with Gasteiger partial charge in [-0.1, -0.05) is 38.1 Å². The lowest BCUT2D eigenvalue weighted by Gasteiger charge is -2.51. The maximum Gasteiger partial charge on any atom is 0.434 e. The molecule has 0 spiro atoms. The SMILES string of the molecule is CC(C)c1ncccc1-c1ncc2c(n1)N(C1(c3ccc(-c4nc(C(F)(F)F)cn4C)cc3)COC1)CCO2. The first-order valence-corrected chi connectivity index (χ1v) is 12.7. The molecule has 0 bridgehead atoms. The Morgan fingerprint density at radius 1 is 1.03 bits per heavy atom. The molecular weight excluding hydrogens is 509 g/mol. The van der Waals surface area contributed by atoms with Crippen LogP contribution in [0.25, 0.3) is 22.8 Å². The molecule has 5 heterocycles. The van der Waals surface area contributed by atoms with Gasteiger partial charge < -0.3 is 18.9 Å². The zero-order valence-corrected chi connectivity index (χ0v) is 21.7. The van der Waals surface area contributed by atoms with Crippen LogP contribution in [0.4, 0.5) is 19.0 Å². The molecule has 3 aromatic heterocycles. The van der Waals surface area contributed by atoms with Crippen LogP contribution < -0.4 is 9.64 Å². The van der Waals surface area contributed by atoms with Crippen molar-refractivity contribution in [2.75, 3.05) is 31.3 Å². The molecule has 0 aliphatic carbocycles. The van der Waals surface area contributed by atoms with Crippen molar-refractivity contribution in [2.24, 2.45) is 7.05 Å². The molecule has 4 aromatic rings. The molecule has 0 saturated carbocycles. The van der Waals surface area contributed by atoms with Crippen LogP contribution in [0.2, 0.25) is 0 Å². The average Bonchev–Trinajstić information content (AvgIpc) is 3.30. The first-order valence-electron chi connectivity index (χ1n) is 12.7. The van der Waals surface area contributed by atoms with Crippen LogP contribution in [0.5, 0.6) is 5.75 Å². The molecule has 0 amide bonds. The van der Waals surface area contributed by atoms with E-state index in [9.17, 15) is 13.2 Å². The highest BCUT2D eigenvalue weighted by atomic mass is 19.4. The summed E-state index contributed by atoms with van der Waals surface area (Å²) in [4.78, 5) is 20.1. The molecule has 1 saturated heterocycles. The fraction of sp³-hybridized carbons (Fsp3) is 0.357. The maximum absolute atomic E-state index is 13.2. The number of ether oxygens (including phenoxy) is 2. The van der Waals surface area contributed by atoms with Gasteiger partial charge in [0.05, 0.1) is 31.6 Å². The van der Waals surface area contributed by atoms with Crippen molar-refractivity contribution in [1.82, 2.24) is 24.5 Å². The monoisotopic (exact) mass is 536 g/mol. The second-order valence-electron chi connectivity index (χ2n) is 10.1. The van der Waals surface area contributed by atoms with Gasteiger partial charge in [-0.25, -0.2) is 15.0 Å². The van der Waals surface area contributed by atoms with Gasteiger partial charge in [0.25, 0.3) is 0 Å². The largest absolute Gasteiger partial charge is 0.486 e. The van der Waals surface area contributed by atoms with Gasteiger partial charge in [0.1, 0.15) is 18.0 Å². The molecule has 2 aliphatic rings. The Bertz CT molecular complexity index is 1510. The van der Waals surface area contributed by atoms with Crippen LogP contribution in [0.3, 0.4) is 0 Å². The summed E-state index contributed by atoms with van der Waals surface area (Å²) in [5.41, 5.74) is 1.94. The van der Waals surface area contributed by atoms with Crippen molar-refractivity contribution < 1.29 is 22.6 Å². The number of anilines is 1. The highest BCUT2D eigenvalue weighted by molar-refractivity contribution is 5.66. The van der Waals surface area contributed by atoms with Crippen LogP contribution >= 0.6 is 0 Å². The molecule has 8 nitrogen and oxygen atoms in total. The van der Waals surface area contributed by atoms with Crippen molar-refractivity contribution in [2.45, 2.75) is 31.5 Å². The normalized spacial score (nSPS) is 16.5. The summed E-state index contributed by atoms with van der Waals surface area (Å²) in [6.45, 7) is 6.10. The summed E-state index contributed by atoms with van der Waals surface area (Å²) < 4.78 is 52.6. The van der Waals surface area contributed by atoms with Gasteiger partial charge in [-0.3, -0.25) is 4.98 Å². The van der Waals surface area contributed by atoms with E-state index in [0.29, 0.717) is 49.3 Å². The summed E-state index contributed by atoms with van der Waals surface area (Å²) in [7, 11) is 1.56. The van der Waals surface area contributed by atoms with E-state index in [1.54, 1.807) is 31.6 Å². The van der Waals surface area contributed by atoms with Gasteiger partial charge in [0, 0.05) is 30.6 Å². The Labute approximate surface area is 223 Å². The number of aryl methyl sites for hydroxylation is 1. The van der Waals surface area contributed by atoms with Crippen LogP contribution in [0.1, 0.15) is 36.7 Å². The van der Waals surface area contributed by atoms with Crippen LogP contribution in [-0.4, -0.2) is 50.9 Å². The minimum atomic E-state index is -4.50. The first kappa shape index (κ1) is 25.3. The summed E-state index contributed by atoms with van der Waals surface area (Å²) in [5.74, 6) is 2.29. The summed E-state index contributed by atoms with van der Waals surface area (Å²) in [6.07, 6.45) is -0.0264. The van der Waals surface area contributed by atoms with E-state index in [0.717, 1.165) is 23.0 Å². The fourth-order valence-corrected chi connectivity index (χ4v) is 5.20. The van der Waals surface area contributed by atoms with E-state index in [4.69, 9.17) is 14.5 Å². The number of hydrogen-bond donors (Lipinski definition) is 0. The Hall–Kier alpha value is -3.99. The second kappa shape index (κ2) is 9.33. The summed E-state index contributed by atoms with van der Waals surface area (Å²) in [5, 5.41) is 0. The third-order valence-corrected chi connectivity index (χ3v) is 7.24. The number of aromatic nitrogens is 5. The molecule has 1 aromatic carbocycles. The first-order chi connectivity index (χ1) is 18.7. The highest BCUT2D eigenvalue weighted by Gasteiger charge is 2.48. The van der Waals surface area contributed by atoms with Crippen molar-refractivity contribution in [1.29, 1.82) is 0 Å². The zero-order chi connectivity index (χ0) is 27.4. The molecule has 0 unspecified atom stereocenters. The van der Waals surface area contributed by atoms with Gasteiger partial charge in [0.15, 0.2) is 23.1 Å². The predicted molar refractivity (Wildman–Crippen MR) is 138 cm³/mol. The smallest absolute Gasteiger partial charge is 0.434 e. The number of hydrogen-bond acceptors (Lipinski definition) is 7. The van der Waals surface area contributed by atoms with E-state index in [1.807, 2.05) is 24.3 Å². The third-order valence-electron chi connectivity index (χ3n) is 7.24. The van der Waals surface area contributed by atoms with Gasteiger partial charge in [0.2, 0.25) is 0 Å². The minimum absolute atomic E-state index is 0.198. The Balaban J connectivity index is 1.37. The Kier molecular flexibility index (Phi) is 6.05. The topological polar surface area (TPSA) is 78.2 Å². The minimum Gasteiger partial charge on any atom is -0.486 e. The molecule has 202 valence electrons. The Morgan fingerprint density at radius 3 is 2.44 bits per heavy atom. The molecule has 2 aliphatic heterocycles. The molecule has 11 heteroatoms. The lowest BCUT2D eigenvalue weighted by atomic mass is 9.85. The van der Waals surface area contributed by atoms with Crippen molar-refractivity contribution >= 4 is 5.82 Å². The number of fused-ring (bicyclic) bond motifs is 1. The number of pyridine rings is 1. The van der Waals surface area contributed by atoms with Gasteiger partial charge in [-0.2, -0.15) is 13.2 Å². The molecule has 0 radical (unpaired) electrons. The molecule has 0 atom stereocenters. The number of benzene rings is 1. The summed E-state index contributed by atoms with van der Waals surface area (Å²) >= 11 is 0. The number of nitrogens with zero attached hydrogens (tertiary/aromatic N) is 6. The number of alkyl halides is 3. The number of imidazole rings is 1. The average molecular weight is 537 g/mol. The predicted octanol–water partition coefficient (Wildman–Crippen LogP) is 5.21. The third kappa shape index (κ3) is 4.30. The van der Waals surface area contributed by atoms with E-state index in [-0.39, 0.29) is 11.7 Å². The zero-order valence-electron chi connectivity index (χ0n) is 21.7. The van der Waals surface area contributed by atoms with Gasteiger partial charge in [-0.15, -0.1) is 0 Å². The molecule has 1 fully saturated rings. The van der Waals surface area contributed by atoms with Crippen LogP contribution in [-0.2, 0) is 23.5 Å². The van der Waals surface area contributed by atoms with E-state index in [1.165, 1.54) is 4.57 Å². The highest BCUT2D eigenvalue weighted by Crippen LogP contribution is 2.44. The summed E-state index contributed by atoms with van der Waals surface area (Å²) in [6, 6.07) is 11.3. The second-order valence-corrected chi connectivity index (χ2v) is 10.1. The number of halogens is 3. The lowest BCUT2D eigenvalue weighted by Crippen LogP contribution is -2.61. The number of rotatable bonds is 5. The van der Waals surface area contributed by atoms with E-state index >= 15 is 0 Å². The molecule has 39 heavy (non-hydrogen) atoms. The van der Waals surface area contributed by atoms with Crippen LogP contribution in [0.15, 0.2) is 55.0 Å². The van der Waals surface area contributed by atoms with Crippen molar-refractivity contribution in [3.63, 3.8) is 0 Å². The quantitative estimate of drug-likeness (QED) is 0.347. The van der Waals surface area contributed by atoms with Crippen molar-refractivity contribution in [3.05, 3.63) is 71.9 Å². The Morgan fingerprint density at radius 2 is 1.79 bits per heavy atom. The molecule has 6 rings (SSSR count). The standard InChI is InChI=1S/C28H27F3N6O2/c1-17(2)23-20(5-4-10-32-23)24-33-13-21-26(35-24)37(11-12-39-21)27(15-38-16-27)19-8-6-18(7-9-19)25-34-22(14-36(25)3)28(29,30)31/h4-10,13-14,17H,11-12,15-16H2,1-3H3. The lowest BCUT2D eigenvalue weighted by molar-refractivity contribution is -0.140. The van der Waals surface area contributed by atoms with E-state index in [2.05, 4.69) is 33.7 Å². The molecular formula is C28H27F3N6O2. The van der Waals surface area contributed by atoms with E-state index < -0.39 is 17.4 Å². The van der Waals surface area contributed by atoms with Gasteiger partial charge in [-0.05, 0) is 23.6 Å².